The topological polar surface area (TPSA) is 55.2 Å². The van der Waals surface area contributed by atoms with E-state index in [1.807, 2.05) is 18.2 Å². The van der Waals surface area contributed by atoms with Crippen molar-refractivity contribution in [1.82, 2.24) is 14.5 Å². The monoisotopic (exact) mass is 365 g/mol. The van der Waals surface area contributed by atoms with Gasteiger partial charge in [-0.15, -0.1) is 0 Å². The quantitative estimate of drug-likeness (QED) is 0.698. The SMILES string of the molecule is CN(C(=O)Cn1c(=O)cnc2ccccc21)C(c1ccc(F)cc1)C1CC1. The van der Waals surface area contributed by atoms with Crippen molar-refractivity contribution in [2.45, 2.75) is 25.4 Å². The summed E-state index contributed by atoms with van der Waals surface area (Å²) >= 11 is 0. The Morgan fingerprint density at radius 2 is 1.93 bits per heavy atom. The first-order valence-corrected chi connectivity index (χ1v) is 9.00. The van der Waals surface area contributed by atoms with Crippen LogP contribution in [0.2, 0.25) is 0 Å². The molecule has 6 heteroatoms. The zero-order valence-corrected chi connectivity index (χ0v) is 15.0. The van der Waals surface area contributed by atoms with Crippen LogP contribution in [0.3, 0.4) is 0 Å². The van der Waals surface area contributed by atoms with Gasteiger partial charge in [0, 0.05) is 7.05 Å². The molecule has 1 heterocycles. The number of halogens is 1. The number of carbonyl (C=O) groups excluding carboxylic acids is 1. The van der Waals surface area contributed by atoms with E-state index in [1.165, 1.54) is 22.9 Å². The van der Waals surface area contributed by atoms with Crippen LogP contribution in [0.4, 0.5) is 4.39 Å². The van der Waals surface area contributed by atoms with Gasteiger partial charge in [-0.1, -0.05) is 24.3 Å². The summed E-state index contributed by atoms with van der Waals surface area (Å²) in [7, 11) is 1.75. The molecule has 1 saturated carbocycles. The molecule has 0 bridgehead atoms. The van der Waals surface area contributed by atoms with E-state index in [0.29, 0.717) is 17.0 Å². The summed E-state index contributed by atoms with van der Waals surface area (Å²) in [5.74, 6) is -0.0814. The predicted molar refractivity (Wildman–Crippen MR) is 101 cm³/mol. The third-order valence-corrected chi connectivity index (χ3v) is 5.14. The highest BCUT2D eigenvalue weighted by molar-refractivity contribution is 5.80. The van der Waals surface area contributed by atoms with Crippen LogP contribution in [-0.2, 0) is 11.3 Å². The summed E-state index contributed by atoms with van der Waals surface area (Å²) < 4.78 is 14.7. The number of amides is 1. The molecule has 5 nitrogen and oxygen atoms in total. The third kappa shape index (κ3) is 3.47. The van der Waals surface area contributed by atoms with Crippen molar-refractivity contribution >= 4 is 16.9 Å². The van der Waals surface area contributed by atoms with Gasteiger partial charge in [-0.3, -0.25) is 14.2 Å². The largest absolute Gasteiger partial charge is 0.337 e. The maximum absolute atomic E-state index is 13.3. The van der Waals surface area contributed by atoms with Gasteiger partial charge >= 0.3 is 0 Å². The lowest BCUT2D eigenvalue weighted by atomic mass is 10.0. The Morgan fingerprint density at radius 3 is 2.63 bits per heavy atom. The minimum atomic E-state index is -0.305. The number of nitrogens with zero attached hydrogens (tertiary/aromatic N) is 3. The number of aromatic nitrogens is 2. The van der Waals surface area contributed by atoms with Gasteiger partial charge in [-0.25, -0.2) is 9.37 Å². The first-order chi connectivity index (χ1) is 13.0. The lowest BCUT2D eigenvalue weighted by molar-refractivity contribution is -0.133. The Bertz CT molecular complexity index is 1040. The molecule has 1 aliphatic carbocycles. The lowest BCUT2D eigenvalue weighted by Gasteiger charge is -2.29. The van der Waals surface area contributed by atoms with Crippen molar-refractivity contribution in [3.05, 3.63) is 76.5 Å². The third-order valence-electron chi connectivity index (χ3n) is 5.14. The molecule has 0 N–H and O–H groups in total. The summed E-state index contributed by atoms with van der Waals surface area (Å²) in [5.41, 5.74) is 1.92. The Labute approximate surface area is 156 Å². The van der Waals surface area contributed by atoms with Crippen molar-refractivity contribution in [3.8, 4) is 0 Å². The van der Waals surface area contributed by atoms with E-state index in [9.17, 15) is 14.0 Å². The van der Waals surface area contributed by atoms with Crippen LogP contribution < -0.4 is 5.56 Å². The van der Waals surface area contributed by atoms with Crippen LogP contribution in [0.25, 0.3) is 11.0 Å². The molecule has 4 rings (SSSR count). The summed E-state index contributed by atoms with van der Waals surface area (Å²) in [4.78, 5) is 31.1. The average molecular weight is 365 g/mol. The maximum atomic E-state index is 13.3. The number of likely N-dealkylation sites (N-methyl/N-ethyl adjacent to an activating group) is 1. The highest BCUT2D eigenvalue weighted by atomic mass is 19.1. The van der Waals surface area contributed by atoms with Gasteiger partial charge in [0.15, 0.2) is 0 Å². The fourth-order valence-electron chi connectivity index (χ4n) is 3.56. The van der Waals surface area contributed by atoms with Crippen LogP contribution in [0.15, 0.2) is 59.5 Å². The van der Waals surface area contributed by atoms with Gasteiger partial charge < -0.3 is 4.90 Å². The molecule has 1 unspecified atom stereocenters. The smallest absolute Gasteiger partial charge is 0.269 e. The summed E-state index contributed by atoms with van der Waals surface area (Å²) in [6.45, 7) is -0.0528. The molecule has 1 fully saturated rings. The van der Waals surface area contributed by atoms with Crippen molar-refractivity contribution < 1.29 is 9.18 Å². The standard InChI is InChI=1S/C21H20FN3O2/c1-24(21(14-6-7-14)15-8-10-16(22)11-9-15)20(27)13-25-18-5-3-2-4-17(18)23-12-19(25)26/h2-5,8-12,14,21H,6-7,13H2,1H3. The molecule has 0 radical (unpaired) electrons. The van der Waals surface area contributed by atoms with Gasteiger partial charge in [0.1, 0.15) is 12.4 Å². The van der Waals surface area contributed by atoms with Crippen molar-refractivity contribution in [3.63, 3.8) is 0 Å². The highest BCUT2D eigenvalue weighted by Gasteiger charge is 2.37. The molecule has 138 valence electrons. The predicted octanol–water partition coefficient (Wildman–Crippen LogP) is 3.15. The van der Waals surface area contributed by atoms with Crippen LogP contribution in [0.1, 0.15) is 24.4 Å². The van der Waals surface area contributed by atoms with Gasteiger partial charge in [0.25, 0.3) is 5.56 Å². The number of carbonyl (C=O) groups is 1. The molecule has 3 aromatic rings. The number of hydrogen-bond donors (Lipinski definition) is 0. The van der Waals surface area contributed by atoms with E-state index >= 15 is 0 Å². The zero-order chi connectivity index (χ0) is 19.0. The number of benzene rings is 2. The van der Waals surface area contributed by atoms with E-state index in [2.05, 4.69) is 4.98 Å². The van der Waals surface area contributed by atoms with Crippen LogP contribution in [-0.4, -0.2) is 27.4 Å². The fourth-order valence-corrected chi connectivity index (χ4v) is 3.56. The van der Waals surface area contributed by atoms with Gasteiger partial charge in [0.2, 0.25) is 5.91 Å². The second-order valence-corrected chi connectivity index (χ2v) is 7.01. The maximum Gasteiger partial charge on any atom is 0.269 e. The molecule has 1 aromatic heterocycles. The van der Waals surface area contributed by atoms with Crippen LogP contribution in [0, 0.1) is 11.7 Å². The molecule has 27 heavy (non-hydrogen) atoms. The van der Waals surface area contributed by atoms with Crippen LogP contribution >= 0.6 is 0 Å². The Hall–Kier alpha value is -3.02. The van der Waals surface area contributed by atoms with E-state index in [1.54, 1.807) is 30.1 Å². The van der Waals surface area contributed by atoms with E-state index in [-0.39, 0.29) is 29.9 Å². The normalized spacial score (nSPS) is 14.9. The van der Waals surface area contributed by atoms with Gasteiger partial charge in [-0.05, 0) is 48.6 Å². The Morgan fingerprint density at radius 1 is 1.22 bits per heavy atom. The highest BCUT2D eigenvalue weighted by Crippen LogP contribution is 2.44. The van der Waals surface area contributed by atoms with Crippen molar-refractivity contribution in [1.29, 1.82) is 0 Å². The second kappa shape index (κ2) is 6.95. The zero-order valence-electron chi connectivity index (χ0n) is 15.0. The number of para-hydroxylation sites is 2. The number of hydrogen-bond acceptors (Lipinski definition) is 3. The lowest BCUT2D eigenvalue weighted by Crippen LogP contribution is -2.37. The fraction of sp³-hybridized carbons (Fsp3) is 0.286. The molecular formula is C21H20FN3O2. The first-order valence-electron chi connectivity index (χ1n) is 9.00. The van der Waals surface area contributed by atoms with E-state index < -0.39 is 0 Å². The molecule has 0 aliphatic heterocycles. The first kappa shape index (κ1) is 17.4. The molecule has 1 aliphatic rings. The minimum Gasteiger partial charge on any atom is -0.337 e. The molecule has 1 atom stereocenters. The van der Waals surface area contributed by atoms with E-state index in [4.69, 9.17) is 0 Å². The molecular weight excluding hydrogens is 345 g/mol. The second-order valence-electron chi connectivity index (χ2n) is 7.01. The molecule has 0 spiro atoms. The minimum absolute atomic E-state index is 0.0528. The number of rotatable bonds is 5. The summed E-state index contributed by atoms with van der Waals surface area (Å²) in [6, 6.07) is 13.5. The molecule has 1 amide bonds. The summed E-state index contributed by atoms with van der Waals surface area (Å²) in [6.07, 6.45) is 3.32. The Balaban J connectivity index is 1.63. The van der Waals surface area contributed by atoms with Crippen molar-refractivity contribution in [2.24, 2.45) is 5.92 Å². The van der Waals surface area contributed by atoms with Crippen LogP contribution in [0.5, 0.6) is 0 Å². The van der Waals surface area contributed by atoms with Gasteiger partial charge in [-0.2, -0.15) is 0 Å². The average Bonchev–Trinajstić information content (AvgIpc) is 3.50. The molecule has 2 aromatic carbocycles. The summed E-state index contributed by atoms with van der Waals surface area (Å²) in [5, 5.41) is 0. The molecule has 0 saturated heterocycles. The van der Waals surface area contributed by atoms with Gasteiger partial charge in [0.05, 0.1) is 23.3 Å². The number of fused-ring (bicyclic) bond motifs is 1. The Kier molecular flexibility index (Phi) is 4.48. The van der Waals surface area contributed by atoms with Crippen molar-refractivity contribution in [2.75, 3.05) is 7.05 Å². The van der Waals surface area contributed by atoms with E-state index in [0.717, 1.165) is 18.4 Å².